The quantitative estimate of drug-likeness (QED) is 0.344. The van der Waals surface area contributed by atoms with E-state index in [-0.39, 0.29) is 13.2 Å². The fourth-order valence-electron chi connectivity index (χ4n) is 0.979. The molecule has 0 fully saturated rings. The summed E-state index contributed by atoms with van der Waals surface area (Å²) in [5.74, 6) is 0.507. The van der Waals surface area contributed by atoms with Gasteiger partial charge in [0.25, 0.3) is 0 Å². The number of hydrogen-bond donors (Lipinski definition) is 1. The standard InChI is InChI=1S/C9H10N4O3/c10-13-11-5-8(14)6-16-9-3-1-7(12-15)2-4-9/h1-4,8,14H,5-6H2/t8-/m0/s1. The van der Waals surface area contributed by atoms with E-state index < -0.39 is 6.10 Å². The van der Waals surface area contributed by atoms with Crippen LogP contribution in [-0.4, -0.2) is 24.4 Å². The molecule has 0 aliphatic rings. The first-order chi connectivity index (χ1) is 7.76. The molecule has 1 N–H and O–H groups in total. The summed E-state index contributed by atoms with van der Waals surface area (Å²) in [6, 6.07) is 6.14. The van der Waals surface area contributed by atoms with E-state index in [1.54, 1.807) is 12.1 Å². The highest BCUT2D eigenvalue weighted by Crippen LogP contribution is 2.17. The molecule has 0 bridgehead atoms. The van der Waals surface area contributed by atoms with Gasteiger partial charge in [-0.2, -0.15) is 0 Å². The molecular weight excluding hydrogens is 212 g/mol. The summed E-state index contributed by atoms with van der Waals surface area (Å²) in [6.07, 6.45) is -0.847. The van der Waals surface area contributed by atoms with Gasteiger partial charge in [-0.3, -0.25) is 0 Å². The molecule has 0 spiro atoms. The lowest BCUT2D eigenvalue weighted by molar-refractivity contribution is 0.114. The van der Waals surface area contributed by atoms with Crippen LogP contribution in [0.5, 0.6) is 5.75 Å². The maximum absolute atomic E-state index is 10.1. The number of nitrogens with zero attached hydrogens (tertiary/aromatic N) is 4. The minimum absolute atomic E-state index is 0.0207. The maximum atomic E-state index is 10.1. The monoisotopic (exact) mass is 222 g/mol. The van der Waals surface area contributed by atoms with E-state index in [9.17, 15) is 10.0 Å². The minimum atomic E-state index is -0.847. The summed E-state index contributed by atoms with van der Waals surface area (Å²) in [6.45, 7) is -0.0165. The zero-order valence-electron chi connectivity index (χ0n) is 8.35. The highest BCUT2D eigenvalue weighted by molar-refractivity contribution is 5.40. The Bertz CT molecular complexity index is 386. The van der Waals surface area contributed by atoms with Gasteiger partial charge in [-0.15, -0.1) is 4.91 Å². The summed E-state index contributed by atoms with van der Waals surface area (Å²) in [5.41, 5.74) is 8.33. The SMILES string of the molecule is [N-]=[N+]=NC[C@H](O)COc1ccc(N=O)cc1. The number of azide groups is 1. The third-order valence-corrected chi connectivity index (χ3v) is 1.74. The van der Waals surface area contributed by atoms with Crippen LogP contribution in [0.2, 0.25) is 0 Å². The van der Waals surface area contributed by atoms with Crippen molar-refractivity contribution < 1.29 is 9.84 Å². The van der Waals surface area contributed by atoms with Crippen LogP contribution >= 0.6 is 0 Å². The van der Waals surface area contributed by atoms with Gasteiger partial charge in [0.15, 0.2) is 0 Å². The first kappa shape index (κ1) is 12.0. The van der Waals surface area contributed by atoms with Crippen molar-refractivity contribution in [1.82, 2.24) is 0 Å². The number of benzene rings is 1. The van der Waals surface area contributed by atoms with Crippen LogP contribution in [0, 0.1) is 4.91 Å². The lowest BCUT2D eigenvalue weighted by Crippen LogP contribution is -2.20. The molecule has 0 aliphatic carbocycles. The van der Waals surface area contributed by atoms with Crippen molar-refractivity contribution in [3.05, 3.63) is 39.6 Å². The van der Waals surface area contributed by atoms with E-state index in [0.29, 0.717) is 11.4 Å². The van der Waals surface area contributed by atoms with Gasteiger partial charge in [0.05, 0.1) is 12.6 Å². The van der Waals surface area contributed by atoms with Gasteiger partial charge in [0.1, 0.15) is 18.0 Å². The smallest absolute Gasteiger partial charge is 0.119 e. The topological polar surface area (TPSA) is 108 Å². The predicted octanol–water partition coefficient (Wildman–Crippen LogP) is 2.13. The Morgan fingerprint density at radius 1 is 1.44 bits per heavy atom. The zero-order chi connectivity index (χ0) is 11.8. The Kier molecular flexibility index (Phi) is 4.78. The normalized spacial score (nSPS) is 11.3. The number of ether oxygens (including phenoxy) is 1. The number of aliphatic hydroxyl groups excluding tert-OH is 1. The van der Waals surface area contributed by atoms with Crippen LogP contribution in [0.25, 0.3) is 10.4 Å². The van der Waals surface area contributed by atoms with E-state index in [1.165, 1.54) is 12.1 Å². The second-order valence-corrected chi connectivity index (χ2v) is 2.96. The molecule has 1 atom stereocenters. The van der Waals surface area contributed by atoms with Crippen LogP contribution < -0.4 is 4.74 Å². The molecule has 0 aromatic heterocycles. The number of hydrogen-bond acceptors (Lipinski definition) is 5. The second kappa shape index (κ2) is 6.39. The highest BCUT2D eigenvalue weighted by atomic mass is 16.5. The minimum Gasteiger partial charge on any atom is -0.491 e. The molecule has 0 heterocycles. The molecule has 16 heavy (non-hydrogen) atoms. The van der Waals surface area contributed by atoms with E-state index >= 15 is 0 Å². The largest absolute Gasteiger partial charge is 0.491 e. The third-order valence-electron chi connectivity index (χ3n) is 1.74. The van der Waals surface area contributed by atoms with Crippen LogP contribution in [0.4, 0.5) is 5.69 Å². The van der Waals surface area contributed by atoms with E-state index in [1.807, 2.05) is 0 Å². The molecule has 1 aromatic carbocycles. The average Bonchev–Trinajstić information content (AvgIpc) is 2.34. The van der Waals surface area contributed by atoms with Crippen molar-refractivity contribution in [3.8, 4) is 5.75 Å². The lowest BCUT2D eigenvalue weighted by Gasteiger charge is -2.09. The van der Waals surface area contributed by atoms with E-state index in [2.05, 4.69) is 15.2 Å². The van der Waals surface area contributed by atoms with Gasteiger partial charge in [-0.25, -0.2) is 0 Å². The van der Waals surface area contributed by atoms with Gasteiger partial charge in [0, 0.05) is 4.91 Å². The predicted molar refractivity (Wildman–Crippen MR) is 57.4 cm³/mol. The van der Waals surface area contributed by atoms with Gasteiger partial charge in [-0.1, -0.05) is 5.11 Å². The van der Waals surface area contributed by atoms with E-state index in [4.69, 9.17) is 10.3 Å². The fraction of sp³-hybridized carbons (Fsp3) is 0.333. The molecule has 0 aliphatic heterocycles. The molecule has 84 valence electrons. The number of rotatable bonds is 6. The third kappa shape index (κ3) is 3.95. The first-order valence-electron chi connectivity index (χ1n) is 4.51. The summed E-state index contributed by atoms with van der Waals surface area (Å²) >= 11 is 0. The Hall–Kier alpha value is -2.11. The average molecular weight is 222 g/mol. The van der Waals surface area contributed by atoms with Crippen LogP contribution in [-0.2, 0) is 0 Å². The van der Waals surface area contributed by atoms with Crippen molar-refractivity contribution in [2.24, 2.45) is 10.3 Å². The Balaban J connectivity index is 2.41. The number of nitroso groups, excluding NO2 is 1. The summed E-state index contributed by atoms with van der Waals surface area (Å²) in [5, 5.41) is 15.2. The van der Waals surface area contributed by atoms with Gasteiger partial charge >= 0.3 is 0 Å². The van der Waals surface area contributed by atoms with Crippen molar-refractivity contribution in [3.63, 3.8) is 0 Å². The number of aliphatic hydroxyl groups is 1. The zero-order valence-corrected chi connectivity index (χ0v) is 8.35. The Labute approximate surface area is 91.3 Å². The molecule has 0 saturated heterocycles. The Morgan fingerprint density at radius 3 is 2.69 bits per heavy atom. The first-order valence-corrected chi connectivity index (χ1v) is 4.51. The van der Waals surface area contributed by atoms with Crippen LogP contribution in [0.3, 0.4) is 0 Å². The molecule has 1 aromatic rings. The van der Waals surface area contributed by atoms with Gasteiger partial charge < -0.3 is 9.84 Å². The highest BCUT2D eigenvalue weighted by Gasteiger charge is 2.03. The molecule has 0 amide bonds. The molecule has 0 saturated carbocycles. The summed E-state index contributed by atoms with van der Waals surface area (Å²) < 4.78 is 5.19. The fourth-order valence-corrected chi connectivity index (χ4v) is 0.979. The molecule has 0 radical (unpaired) electrons. The van der Waals surface area contributed by atoms with Crippen molar-refractivity contribution in [2.45, 2.75) is 6.10 Å². The summed E-state index contributed by atoms with van der Waals surface area (Å²) in [7, 11) is 0. The second-order valence-electron chi connectivity index (χ2n) is 2.96. The molecule has 0 unspecified atom stereocenters. The Morgan fingerprint density at radius 2 is 2.12 bits per heavy atom. The van der Waals surface area contributed by atoms with Crippen molar-refractivity contribution >= 4 is 5.69 Å². The summed E-state index contributed by atoms with van der Waals surface area (Å²) in [4.78, 5) is 12.6. The van der Waals surface area contributed by atoms with Crippen LogP contribution in [0.1, 0.15) is 0 Å². The van der Waals surface area contributed by atoms with Crippen LogP contribution in [0.15, 0.2) is 34.6 Å². The molecule has 1 rings (SSSR count). The molecule has 7 heteroatoms. The molecular formula is C9H10N4O3. The van der Waals surface area contributed by atoms with Crippen molar-refractivity contribution in [2.75, 3.05) is 13.2 Å². The molecule has 7 nitrogen and oxygen atoms in total. The van der Waals surface area contributed by atoms with Gasteiger partial charge in [0.2, 0.25) is 0 Å². The maximum Gasteiger partial charge on any atom is 0.119 e. The van der Waals surface area contributed by atoms with Crippen molar-refractivity contribution in [1.29, 1.82) is 0 Å². The van der Waals surface area contributed by atoms with E-state index in [0.717, 1.165) is 0 Å². The lowest BCUT2D eigenvalue weighted by atomic mass is 10.3. The van der Waals surface area contributed by atoms with Gasteiger partial charge in [-0.05, 0) is 35.0 Å².